The van der Waals surface area contributed by atoms with E-state index in [9.17, 15) is 5.11 Å². The fourth-order valence-corrected chi connectivity index (χ4v) is 3.70. The summed E-state index contributed by atoms with van der Waals surface area (Å²) >= 11 is 1.96. The minimum atomic E-state index is 0.0443. The van der Waals surface area contributed by atoms with Crippen molar-refractivity contribution in [2.24, 2.45) is 11.3 Å². The van der Waals surface area contributed by atoms with E-state index in [1.165, 1.54) is 16.2 Å². The Kier molecular flexibility index (Phi) is 3.84. The van der Waals surface area contributed by atoms with Crippen LogP contribution in [0.3, 0.4) is 0 Å². The van der Waals surface area contributed by atoms with Crippen molar-refractivity contribution in [3.05, 3.63) is 29.8 Å². The molecule has 17 heavy (non-hydrogen) atoms. The van der Waals surface area contributed by atoms with Crippen molar-refractivity contribution < 1.29 is 5.11 Å². The first-order valence-electron chi connectivity index (χ1n) is 6.39. The van der Waals surface area contributed by atoms with Gasteiger partial charge < -0.3 is 5.11 Å². The molecule has 1 heterocycles. The fraction of sp³-hybridized carbons (Fsp3) is 0.600. The van der Waals surface area contributed by atoms with Crippen LogP contribution in [0.1, 0.15) is 38.7 Å². The van der Waals surface area contributed by atoms with Crippen LogP contribution < -0.4 is 0 Å². The summed E-state index contributed by atoms with van der Waals surface area (Å²) in [4.78, 5) is 1.43. The molecule has 0 spiro atoms. The second kappa shape index (κ2) is 5.03. The van der Waals surface area contributed by atoms with E-state index in [-0.39, 0.29) is 12.0 Å². The zero-order chi connectivity index (χ0) is 12.5. The van der Waals surface area contributed by atoms with E-state index in [0.717, 1.165) is 6.42 Å². The van der Waals surface area contributed by atoms with Crippen LogP contribution in [-0.2, 0) is 0 Å². The van der Waals surface area contributed by atoms with Crippen molar-refractivity contribution >= 4 is 11.8 Å². The molecule has 2 atom stereocenters. The molecule has 0 aliphatic carbocycles. The van der Waals surface area contributed by atoms with Crippen molar-refractivity contribution in [3.8, 4) is 0 Å². The lowest BCUT2D eigenvalue weighted by Crippen LogP contribution is -2.30. The molecule has 1 aromatic rings. The van der Waals surface area contributed by atoms with E-state index < -0.39 is 0 Å². The number of aliphatic hydroxyl groups is 1. The monoisotopic (exact) mass is 250 g/mol. The molecule has 2 heteroatoms. The number of thioether (sulfide) groups is 1. The Morgan fingerprint density at radius 2 is 2.12 bits per heavy atom. The summed E-state index contributed by atoms with van der Waals surface area (Å²) in [5.41, 5.74) is 1.53. The van der Waals surface area contributed by atoms with E-state index >= 15 is 0 Å². The highest BCUT2D eigenvalue weighted by atomic mass is 32.2. The first-order valence-corrected chi connectivity index (χ1v) is 7.38. The SMILES string of the molecule is CC(C)C(C)(CO)CC1CSc2ccccc21. The molecule has 1 aliphatic rings. The van der Waals surface area contributed by atoms with Crippen LogP contribution >= 0.6 is 11.8 Å². The Morgan fingerprint density at radius 1 is 1.41 bits per heavy atom. The number of rotatable bonds is 4. The molecule has 0 fully saturated rings. The van der Waals surface area contributed by atoms with Crippen LogP contribution in [0.15, 0.2) is 29.2 Å². The van der Waals surface area contributed by atoms with Gasteiger partial charge in [-0.15, -0.1) is 11.8 Å². The van der Waals surface area contributed by atoms with Crippen LogP contribution in [0.25, 0.3) is 0 Å². The first kappa shape index (κ1) is 13.0. The average Bonchev–Trinajstić information content (AvgIpc) is 2.72. The molecule has 1 nitrogen and oxygen atoms in total. The largest absolute Gasteiger partial charge is 0.396 e. The quantitative estimate of drug-likeness (QED) is 0.874. The minimum Gasteiger partial charge on any atom is -0.396 e. The third-order valence-electron chi connectivity index (χ3n) is 4.27. The Bertz CT molecular complexity index is 388. The molecular formula is C15H22OS. The number of aliphatic hydroxyl groups excluding tert-OH is 1. The third-order valence-corrected chi connectivity index (χ3v) is 5.52. The van der Waals surface area contributed by atoms with Gasteiger partial charge in [-0.05, 0) is 35.3 Å². The lowest BCUT2D eigenvalue weighted by molar-refractivity contribution is 0.0798. The predicted molar refractivity (Wildman–Crippen MR) is 74.6 cm³/mol. The molecule has 0 radical (unpaired) electrons. The summed E-state index contributed by atoms with van der Waals surface area (Å²) in [7, 11) is 0. The highest BCUT2D eigenvalue weighted by Crippen LogP contribution is 2.46. The Labute approximate surface area is 109 Å². The number of benzene rings is 1. The molecule has 1 aromatic carbocycles. The van der Waals surface area contributed by atoms with Crippen LogP contribution in [-0.4, -0.2) is 17.5 Å². The van der Waals surface area contributed by atoms with E-state index in [4.69, 9.17) is 0 Å². The van der Waals surface area contributed by atoms with Crippen molar-refractivity contribution in [3.63, 3.8) is 0 Å². The molecule has 2 unspecified atom stereocenters. The maximum absolute atomic E-state index is 9.66. The molecular weight excluding hydrogens is 228 g/mol. The normalized spacial score (nSPS) is 22.5. The van der Waals surface area contributed by atoms with Gasteiger partial charge in [0.2, 0.25) is 0 Å². The highest BCUT2D eigenvalue weighted by Gasteiger charge is 2.34. The van der Waals surface area contributed by atoms with Crippen molar-refractivity contribution in [2.75, 3.05) is 12.4 Å². The van der Waals surface area contributed by atoms with E-state index in [1.807, 2.05) is 11.8 Å². The fourth-order valence-electron chi connectivity index (χ4n) is 2.44. The zero-order valence-electron chi connectivity index (χ0n) is 10.9. The molecule has 0 amide bonds. The molecule has 0 saturated heterocycles. The van der Waals surface area contributed by atoms with E-state index in [2.05, 4.69) is 45.0 Å². The summed E-state index contributed by atoms with van der Waals surface area (Å²) in [6, 6.07) is 8.70. The van der Waals surface area contributed by atoms with Crippen LogP contribution in [0.4, 0.5) is 0 Å². The van der Waals surface area contributed by atoms with Gasteiger partial charge in [-0.1, -0.05) is 39.0 Å². The Morgan fingerprint density at radius 3 is 2.76 bits per heavy atom. The van der Waals surface area contributed by atoms with E-state index in [1.54, 1.807) is 0 Å². The predicted octanol–water partition coefficient (Wildman–Crippen LogP) is 3.92. The average molecular weight is 250 g/mol. The van der Waals surface area contributed by atoms with Gasteiger partial charge in [0.25, 0.3) is 0 Å². The molecule has 0 bridgehead atoms. The van der Waals surface area contributed by atoms with Gasteiger partial charge in [0.15, 0.2) is 0 Å². The van der Waals surface area contributed by atoms with Gasteiger partial charge in [-0.2, -0.15) is 0 Å². The van der Waals surface area contributed by atoms with Crippen LogP contribution in [0, 0.1) is 11.3 Å². The summed E-state index contributed by atoms with van der Waals surface area (Å²) in [5, 5.41) is 9.66. The lowest BCUT2D eigenvalue weighted by atomic mass is 9.72. The van der Waals surface area contributed by atoms with Crippen LogP contribution in [0.5, 0.6) is 0 Å². The van der Waals surface area contributed by atoms with E-state index in [0.29, 0.717) is 11.8 Å². The molecule has 0 saturated carbocycles. The van der Waals surface area contributed by atoms with Gasteiger partial charge in [-0.25, -0.2) is 0 Å². The molecule has 0 aromatic heterocycles. The maximum atomic E-state index is 9.66. The minimum absolute atomic E-state index is 0.0443. The molecule has 1 N–H and O–H groups in total. The lowest BCUT2D eigenvalue weighted by Gasteiger charge is -2.34. The van der Waals surface area contributed by atoms with Gasteiger partial charge in [-0.3, -0.25) is 0 Å². The Balaban J connectivity index is 2.16. The van der Waals surface area contributed by atoms with Crippen molar-refractivity contribution in [2.45, 2.75) is 38.0 Å². The van der Waals surface area contributed by atoms with Crippen molar-refractivity contribution in [1.82, 2.24) is 0 Å². The van der Waals surface area contributed by atoms with Gasteiger partial charge in [0.1, 0.15) is 0 Å². The molecule has 1 aliphatic heterocycles. The highest BCUT2D eigenvalue weighted by molar-refractivity contribution is 7.99. The first-order chi connectivity index (χ1) is 8.07. The summed E-state index contributed by atoms with van der Waals surface area (Å²) in [6.45, 7) is 6.92. The third kappa shape index (κ3) is 2.53. The molecule has 2 rings (SSSR count). The number of fused-ring (bicyclic) bond motifs is 1. The zero-order valence-corrected chi connectivity index (χ0v) is 11.8. The van der Waals surface area contributed by atoms with Gasteiger partial charge in [0, 0.05) is 17.3 Å². The number of hydrogen-bond acceptors (Lipinski definition) is 2. The standard InChI is InChI=1S/C15H22OS/c1-11(2)15(3,10-16)8-12-9-17-14-7-5-4-6-13(12)14/h4-7,11-12,16H,8-10H2,1-3H3. The van der Waals surface area contributed by atoms with Crippen molar-refractivity contribution in [1.29, 1.82) is 0 Å². The number of hydrogen-bond donors (Lipinski definition) is 1. The summed E-state index contributed by atoms with van der Waals surface area (Å²) < 4.78 is 0. The molecule has 94 valence electrons. The Hall–Kier alpha value is -0.470. The van der Waals surface area contributed by atoms with Gasteiger partial charge >= 0.3 is 0 Å². The second-order valence-corrected chi connectivity index (χ2v) is 6.78. The van der Waals surface area contributed by atoms with Crippen LogP contribution in [0.2, 0.25) is 0 Å². The smallest absolute Gasteiger partial charge is 0.0487 e. The summed E-state index contributed by atoms with van der Waals surface area (Å²) in [5.74, 6) is 2.29. The second-order valence-electron chi connectivity index (χ2n) is 5.72. The topological polar surface area (TPSA) is 20.2 Å². The summed E-state index contributed by atoms with van der Waals surface area (Å²) in [6.07, 6.45) is 1.09. The maximum Gasteiger partial charge on any atom is 0.0487 e. The van der Waals surface area contributed by atoms with Gasteiger partial charge in [0.05, 0.1) is 0 Å².